The molecular weight excluding hydrogens is 406 g/mol. The summed E-state index contributed by atoms with van der Waals surface area (Å²) < 4.78 is 6.52. The van der Waals surface area contributed by atoms with Gasteiger partial charge in [0.05, 0.1) is 12.2 Å². The molecule has 1 aromatic carbocycles. The van der Waals surface area contributed by atoms with Crippen LogP contribution in [-0.2, 0) is 18.3 Å². The molecule has 0 aliphatic rings. The Morgan fingerprint density at radius 3 is 2.60 bits per heavy atom. The Hall–Kier alpha value is -3.14. The van der Waals surface area contributed by atoms with Crippen LogP contribution in [0.15, 0.2) is 43.5 Å². The van der Waals surface area contributed by atoms with Crippen LogP contribution in [0.2, 0.25) is 0 Å². The van der Waals surface area contributed by atoms with Crippen molar-refractivity contribution in [2.45, 2.75) is 38.3 Å². The number of hydrogen-bond donors (Lipinski definition) is 2. The quantitative estimate of drug-likeness (QED) is 0.552. The Labute approximate surface area is 176 Å². The van der Waals surface area contributed by atoms with Crippen molar-refractivity contribution in [3.8, 4) is 0 Å². The molecule has 10 heteroatoms. The van der Waals surface area contributed by atoms with Crippen molar-refractivity contribution in [1.82, 2.24) is 19.7 Å². The van der Waals surface area contributed by atoms with Crippen LogP contribution < -0.4 is 16.6 Å². The van der Waals surface area contributed by atoms with Gasteiger partial charge in [0.25, 0.3) is 10.8 Å². The summed E-state index contributed by atoms with van der Waals surface area (Å²) in [5.74, 6) is 0.571. The zero-order valence-corrected chi connectivity index (χ0v) is 18.0. The van der Waals surface area contributed by atoms with Crippen molar-refractivity contribution in [3.05, 3.63) is 67.8 Å². The fourth-order valence-corrected chi connectivity index (χ4v) is 3.36. The first-order chi connectivity index (χ1) is 14.2. The van der Waals surface area contributed by atoms with E-state index in [1.54, 1.807) is 6.92 Å². The van der Waals surface area contributed by atoms with Crippen molar-refractivity contribution in [2.75, 3.05) is 11.1 Å². The summed E-state index contributed by atoms with van der Waals surface area (Å²) in [6.45, 7) is 5.86. The molecular formula is C20H23N5O4S. The fourth-order valence-electron chi connectivity index (χ4n) is 2.78. The van der Waals surface area contributed by atoms with Crippen LogP contribution in [0, 0.1) is 6.92 Å². The van der Waals surface area contributed by atoms with Gasteiger partial charge in [-0.1, -0.05) is 37.7 Å². The maximum absolute atomic E-state index is 12.3. The van der Waals surface area contributed by atoms with E-state index in [1.807, 2.05) is 24.3 Å². The number of aromatic amines is 1. The largest absolute Gasteiger partial charge is 0.416 e. The van der Waals surface area contributed by atoms with Crippen LogP contribution >= 0.6 is 11.8 Å². The second-order valence-corrected chi connectivity index (χ2v) is 8.08. The summed E-state index contributed by atoms with van der Waals surface area (Å²) >= 11 is 1.11. The lowest BCUT2D eigenvalue weighted by Gasteiger charge is -2.07. The maximum atomic E-state index is 12.3. The third kappa shape index (κ3) is 5.07. The van der Waals surface area contributed by atoms with Gasteiger partial charge in [0.15, 0.2) is 0 Å². The van der Waals surface area contributed by atoms with Crippen molar-refractivity contribution < 1.29 is 9.21 Å². The first-order valence-electron chi connectivity index (χ1n) is 9.38. The average Bonchev–Trinajstić information content (AvgIpc) is 3.16. The third-order valence-corrected chi connectivity index (χ3v) is 5.40. The van der Waals surface area contributed by atoms with Gasteiger partial charge in [-0.05, 0) is 30.5 Å². The molecule has 0 saturated carbocycles. The second-order valence-electron chi connectivity index (χ2n) is 7.15. The van der Waals surface area contributed by atoms with E-state index in [-0.39, 0.29) is 29.2 Å². The van der Waals surface area contributed by atoms with Crippen LogP contribution in [0.3, 0.4) is 0 Å². The van der Waals surface area contributed by atoms with Crippen LogP contribution in [0.25, 0.3) is 0 Å². The van der Waals surface area contributed by atoms with Crippen molar-refractivity contribution in [3.63, 3.8) is 0 Å². The summed E-state index contributed by atoms with van der Waals surface area (Å²) in [5, 5.41) is 10.9. The monoisotopic (exact) mass is 429 g/mol. The van der Waals surface area contributed by atoms with E-state index in [2.05, 4.69) is 34.3 Å². The standard InChI is InChI=1S/C20H23N5O4S/c1-11(2)13-5-7-14(8-6-13)22-16(26)10-30-20-24-23-17(29-20)9-15-12(3)21-19(28)25(4)18(15)27/h5-8,11H,9-10H2,1-4H3,(H,21,28)(H,22,26). The van der Waals surface area contributed by atoms with Crippen LogP contribution in [0.5, 0.6) is 0 Å². The van der Waals surface area contributed by atoms with Crippen LogP contribution in [0.1, 0.15) is 42.5 Å². The van der Waals surface area contributed by atoms with E-state index in [1.165, 1.54) is 12.6 Å². The topological polar surface area (TPSA) is 123 Å². The normalized spacial score (nSPS) is 11.1. The number of rotatable bonds is 7. The molecule has 30 heavy (non-hydrogen) atoms. The lowest BCUT2D eigenvalue weighted by Crippen LogP contribution is -2.36. The smallest absolute Gasteiger partial charge is 0.328 e. The molecule has 2 aromatic heterocycles. The number of carbonyl (C=O) groups excluding carboxylic acids is 1. The number of nitrogens with zero attached hydrogens (tertiary/aromatic N) is 3. The van der Waals surface area contributed by atoms with E-state index < -0.39 is 11.2 Å². The number of anilines is 1. The maximum Gasteiger partial charge on any atom is 0.328 e. The molecule has 0 aliphatic carbocycles. The number of nitrogens with one attached hydrogen (secondary N) is 2. The van der Waals surface area contributed by atoms with E-state index in [4.69, 9.17) is 4.42 Å². The highest BCUT2D eigenvalue weighted by molar-refractivity contribution is 7.99. The molecule has 0 unspecified atom stereocenters. The molecule has 0 fully saturated rings. The molecule has 0 aliphatic heterocycles. The number of aromatic nitrogens is 4. The van der Waals surface area contributed by atoms with Gasteiger partial charge in [-0.15, -0.1) is 10.2 Å². The van der Waals surface area contributed by atoms with Gasteiger partial charge in [-0.3, -0.25) is 14.2 Å². The van der Waals surface area contributed by atoms with Crippen LogP contribution in [0.4, 0.5) is 5.69 Å². The number of aryl methyl sites for hydroxylation is 1. The first-order valence-corrected chi connectivity index (χ1v) is 10.4. The Kier molecular flexibility index (Phi) is 6.56. The highest BCUT2D eigenvalue weighted by atomic mass is 32.2. The molecule has 0 bridgehead atoms. The zero-order chi connectivity index (χ0) is 21.8. The third-order valence-electron chi connectivity index (χ3n) is 4.58. The molecule has 0 radical (unpaired) electrons. The Morgan fingerprint density at radius 2 is 1.93 bits per heavy atom. The molecule has 3 aromatic rings. The zero-order valence-electron chi connectivity index (χ0n) is 17.2. The summed E-state index contributed by atoms with van der Waals surface area (Å²) in [4.78, 5) is 38.6. The lowest BCUT2D eigenvalue weighted by atomic mass is 10.0. The summed E-state index contributed by atoms with van der Waals surface area (Å²) in [6.07, 6.45) is 0.0945. The first kappa shape index (κ1) is 21.6. The minimum atomic E-state index is -0.479. The summed E-state index contributed by atoms with van der Waals surface area (Å²) in [6, 6.07) is 7.72. The molecule has 1 amide bonds. The Morgan fingerprint density at radius 1 is 1.23 bits per heavy atom. The number of carbonyl (C=O) groups is 1. The second kappa shape index (κ2) is 9.12. The number of benzene rings is 1. The predicted octanol–water partition coefficient (Wildman–Crippen LogP) is 2.21. The molecule has 9 nitrogen and oxygen atoms in total. The van der Waals surface area contributed by atoms with Crippen LogP contribution in [-0.4, -0.2) is 31.4 Å². The number of H-pyrrole nitrogens is 1. The molecule has 0 atom stereocenters. The van der Waals surface area contributed by atoms with Gasteiger partial charge in [0.2, 0.25) is 11.8 Å². The van der Waals surface area contributed by atoms with E-state index >= 15 is 0 Å². The van der Waals surface area contributed by atoms with E-state index in [9.17, 15) is 14.4 Å². The molecule has 0 spiro atoms. The molecule has 3 rings (SSSR count). The predicted molar refractivity (Wildman–Crippen MR) is 114 cm³/mol. The van der Waals surface area contributed by atoms with E-state index in [0.29, 0.717) is 17.2 Å². The number of amides is 1. The molecule has 2 heterocycles. The van der Waals surface area contributed by atoms with Gasteiger partial charge in [-0.2, -0.15) is 0 Å². The SMILES string of the molecule is Cc1[nH]c(=O)n(C)c(=O)c1Cc1nnc(SCC(=O)Nc2ccc(C(C)C)cc2)o1. The van der Waals surface area contributed by atoms with Gasteiger partial charge >= 0.3 is 5.69 Å². The van der Waals surface area contributed by atoms with E-state index in [0.717, 1.165) is 22.0 Å². The van der Waals surface area contributed by atoms with Gasteiger partial charge in [0.1, 0.15) is 0 Å². The van der Waals surface area contributed by atoms with Gasteiger partial charge < -0.3 is 14.7 Å². The summed E-state index contributed by atoms with van der Waals surface area (Å²) in [7, 11) is 1.40. The van der Waals surface area contributed by atoms with Gasteiger partial charge in [-0.25, -0.2) is 4.79 Å². The molecule has 2 N–H and O–H groups in total. The van der Waals surface area contributed by atoms with Gasteiger partial charge in [0, 0.05) is 24.0 Å². The van der Waals surface area contributed by atoms with Crippen molar-refractivity contribution >= 4 is 23.4 Å². The fraction of sp³-hybridized carbons (Fsp3) is 0.350. The lowest BCUT2D eigenvalue weighted by molar-refractivity contribution is -0.113. The Balaban J connectivity index is 1.58. The molecule has 158 valence electrons. The minimum Gasteiger partial charge on any atom is -0.416 e. The van der Waals surface area contributed by atoms with Crippen molar-refractivity contribution in [2.24, 2.45) is 7.05 Å². The molecule has 0 saturated heterocycles. The summed E-state index contributed by atoms with van der Waals surface area (Å²) in [5.41, 5.74) is 1.87. The number of thioether (sulfide) groups is 1. The Bertz CT molecular complexity index is 1160. The number of hydrogen-bond acceptors (Lipinski definition) is 7. The van der Waals surface area contributed by atoms with Crippen molar-refractivity contribution in [1.29, 1.82) is 0 Å². The average molecular weight is 430 g/mol. The highest BCUT2D eigenvalue weighted by Crippen LogP contribution is 2.20. The highest BCUT2D eigenvalue weighted by Gasteiger charge is 2.15. The minimum absolute atomic E-state index is 0.0945.